The Kier molecular flexibility index (Phi) is 25.5. The second-order valence-electron chi connectivity index (χ2n) is 4.68. The number of carboxylic acid groups (broad SMARTS) is 1. The smallest absolute Gasteiger partial charge is 0.303 e. The van der Waals surface area contributed by atoms with E-state index in [4.69, 9.17) is 5.11 Å². The van der Waals surface area contributed by atoms with Crippen molar-refractivity contribution in [2.75, 3.05) is 0 Å². The third kappa shape index (κ3) is 21.6. The van der Waals surface area contributed by atoms with Gasteiger partial charge in [-0.15, -0.1) is 12.4 Å². The minimum atomic E-state index is -0.657. The molecular formula is C14H29ClCrO2. The zero-order valence-corrected chi connectivity index (χ0v) is 13.7. The van der Waals surface area contributed by atoms with E-state index in [0.29, 0.717) is 6.42 Å². The van der Waals surface area contributed by atoms with Gasteiger partial charge in [0.25, 0.3) is 0 Å². The predicted octanol–water partition coefficient (Wildman–Crippen LogP) is 5.19. The van der Waals surface area contributed by atoms with Gasteiger partial charge in [0.05, 0.1) is 0 Å². The van der Waals surface area contributed by atoms with Crippen LogP contribution in [0.3, 0.4) is 0 Å². The van der Waals surface area contributed by atoms with Gasteiger partial charge in [0, 0.05) is 23.8 Å². The molecule has 0 aromatic heterocycles. The molecule has 0 saturated carbocycles. The van der Waals surface area contributed by atoms with Crippen molar-refractivity contribution in [3.8, 4) is 0 Å². The Hall–Kier alpha value is 0.292. The van der Waals surface area contributed by atoms with Crippen LogP contribution in [0.1, 0.15) is 84.0 Å². The third-order valence-electron chi connectivity index (χ3n) is 2.99. The van der Waals surface area contributed by atoms with Crippen molar-refractivity contribution in [3.05, 3.63) is 0 Å². The average Bonchev–Trinajstić information content (AvgIpc) is 2.25. The maximum absolute atomic E-state index is 10.3. The molecule has 0 rings (SSSR count). The molecular weight excluding hydrogens is 288 g/mol. The van der Waals surface area contributed by atoms with Gasteiger partial charge in [-0.2, -0.15) is 0 Å². The second-order valence-corrected chi connectivity index (χ2v) is 4.68. The van der Waals surface area contributed by atoms with E-state index < -0.39 is 5.97 Å². The molecule has 0 aliphatic heterocycles. The Morgan fingerprint density at radius 1 is 0.778 bits per heavy atom. The monoisotopic (exact) mass is 316 g/mol. The third-order valence-corrected chi connectivity index (χ3v) is 2.99. The van der Waals surface area contributed by atoms with E-state index in [9.17, 15) is 4.79 Å². The summed E-state index contributed by atoms with van der Waals surface area (Å²) in [4.78, 5) is 10.3. The molecule has 0 aromatic rings. The molecule has 0 saturated heterocycles. The van der Waals surface area contributed by atoms with Crippen LogP contribution in [0.15, 0.2) is 0 Å². The summed E-state index contributed by atoms with van der Waals surface area (Å²) in [7, 11) is 0. The molecule has 0 bridgehead atoms. The minimum Gasteiger partial charge on any atom is -0.481 e. The van der Waals surface area contributed by atoms with Gasteiger partial charge < -0.3 is 5.11 Å². The molecule has 0 fully saturated rings. The molecule has 18 heavy (non-hydrogen) atoms. The summed E-state index contributed by atoms with van der Waals surface area (Å²) in [6, 6.07) is 0. The first-order valence-corrected chi connectivity index (χ1v) is 6.99. The van der Waals surface area contributed by atoms with Gasteiger partial charge in [-0.3, -0.25) is 4.79 Å². The number of halogens is 1. The van der Waals surface area contributed by atoms with Crippen LogP contribution in [-0.4, -0.2) is 11.1 Å². The van der Waals surface area contributed by atoms with Crippen molar-refractivity contribution in [1.29, 1.82) is 0 Å². The zero-order valence-electron chi connectivity index (χ0n) is 11.7. The number of carbonyl (C=O) groups is 1. The number of unbranched alkanes of at least 4 members (excludes halogenated alkanes) is 10. The topological polar surface area (TPSA) is 37.3 Å². The zero-order chi connectivity index (χ0) is 12.1. The van der Waals surface area contributed by atoms with Crippen molar-refractivity contribution >= 4 is 18.4 Å². The van der Waals surface area contributed by atoms with Gasteiger partial charge in [-0.25, -0.2) is 0 Å². The van der Waals surface area contributed by atoms with Crippen LogP contribution in [-0.2, 0) is 22.2 Å². The summed E-state index contributed by atoms with van der Waals surface area (Å²) in [6.07, 6.45) is 14.4. The number of carboxylic acids is 1. The number of hydrogen-bond acceptors (Lipinski definition) is 1. The number of rotatable bonds is 12. The molecule has 110 valence electrons. The van der Waals surface area contributed by atoms with Crippen LogP contribution >= 0.6 is 12.4 Å². The van der Waals surface area contributed by atoms with Crippen LogP contribution in [0, 0.1) is 0 Å². The maximum atomic E-state index is 10.3. The first-order chi connectivity index (χ1) is 7.77. The van der Waals surface area contributed by atoms with Crippen LogP contribution in [0.25, 0.3) is 0 Å². The van der Waals surface area contributed by atoms with Crippen LogP contribution < -0.4 is 0 Å². The van der Waals surface area contributed by atoms with Crippen molar-refractivity contribution in [2.45, 2.75) is 84.0 Å². The van der Waals surface area contributed by atoms with E-state index in [1.807, 2.05) is 0 Å². The maximum Gasteiger partial charge on any atom is 0.303 e. The van der Waals surface area contributed by atoms with Crippen molar-refractivity contribution in [1.82, 2.24) is 0 Å². The molecule has 0 unspecified atom stereocenters. The van der Waals surface area contributed by atoms with Gasteiger partial charge in [0.15, 0.2) is 0 Å². The molecule has 0 amide bonds. The van der Waals surface area contributed by atoms with E-state index in [2.05, 4.69) is 6.92 Å². The molecule has 0 atom stereocenters. The largest absolute Gasteiger partial charge is 0.481 e. The Bertz CT molecular complexity index is 166. The van der Waals surface area contributed by atoms with E-state index >= 15 is 0 Å². The first-order valence-electron chi connectivity index (χ1n) is 6.99. The van der Waals surface area contributed by atoms with E-state index in [1.165, 1.54) is 57.8 Å². The Morgan fingerprint density at radius 2 is 1.11 bits per heavy atom. The molecule has 0 heterocycles. The fraction of sp³-hybridized carbons (Fsp3) is 0.929. The predicted molar refractivity (Wildman–Crippen MR) is 76.0 cm³/mol. The number of hydrogen-bond donors (Lipinski definition) is 1. The summed E-state index contributed by atoms with van der Waals surface area (Å²) >= 11 is 0. The van der Waals surface area contributed by atoms with Gasteiger partial charge >= 0.3 is 5.97 Å². The summed E-state index contributed by atoms with van der Waals surface area (Å²) in [5.41, 5.74) is 0. The van der Waals surface area contributed by atoms with Crippen LogP contribution in [0.4, 0.5) is 0 Å². The van der Waals surface area contributed by atoms with E-state index in [-0.39, 0.29) is 29.8 Å². The molecule has 0 aliphatic carbocycles. The summed E-state index contributed by atoms with van der Waals surface area (Å²) in [5, 5.41) is 8.46. The van der Waals surface area contributed by atoms with Crippen molar-refractivity contribution in [3.63, 3.8) is 0 Å². The van der Waals surface area contributed by atoms with Gasteiger partial charge in [-0.1, -0.05) is 71.1 Å². The second kappa shape index (κ2) is 19.6. The molecule has 4 heteroatoms. The summed E-state index contributed by atoms with van der Waals surface area (Å²) < 4.78 is 0. The van der Waals surface area contributed by atoms with Crippen LogP contribution in [0.5, 0.6) is 0 Å². The van der Waals surface area contributed by atoms with Crippen LogP contribution in [0.2, 0.25) is 0 Å². The quantitative estimate of drug-likeness (QED) is 0.503. The Morgan fingerprint density at radius 3 is 1.44 bits per heavy atom. The van der Waals surface area contributed by atoms with Gasteiger partial charge in [0.1, 0.15) is 0 Å². The summed E-state index contributed by atoms with van der Waals surface area (Å²) in [6.45, 7) is 2.25. The Balaban J connectivity index is -0.00000112. The van der Waals surface area contributed by atoms with Crippen molar-refractivity contribution in [2.24, 2.45) is 0 Å². The molecule has 0 radical (unpaired) electrons. The van der Waals surface area contributed by atoms with E-state index in [1.54, 1.807) is 0 Å². The standard InChI is InChI=1S/C14H28O2.ClH.Cr/c1-2-3-4-5-6-7-8-9-10-11-12-13-14(15)16;;/h2-13H2,1H3,(H,15,16);1H;. The fourth-order valence-electron chi connectivity index (χ4n) is 1.94. The number of aliphatic carboxylic acids is 1. The van der Waals surface area contributed by atoms with Gasteiger partial charge in [-0.05, 0) is 6.42 Å². The molecule has 0 aromatic carbocycles. The molecule has 2 nitrogen and oxygen atoms in total. The first kappa shape index (κ1) is 23.4. The minimum absolute atomic E-state index is 0. The Labute approximate surface area is 129 Å². The molecule has 1 N–H and O–H groups in total. The molecule has 0 aliphatic rings. The fourth-order valence-corrected chi connectivity index (χ4v) is 1.94. The normalized spacial score (nSPS) is 9.39. The van der Waals surface area contributed by atoms with Crippen molar-refractivity contribution < 1.29 is 27.3 Å². The molecule has 0 spiro atoms. The average molecular weight is 317 g/mol. The summed E-state index contributed by atoms with van der Waals surface area (Å²) in [5.74, 6) is -0.657. The SMILES string of the molecule is CCCCCCCCCCCCCC(=O)O.Cl.[Cr]. The van der Waals surface area contributed by atoms with Gasteiger partial charge in [0.2, 0.25) is 0 Å². The van der Waals surface area contributed by atoms with E-state index in [0.717, 1.165) is 12.8 Å².